The lowest BCUT2D eigenvalue weighted by Crippen LogP contribution is -2.32. The first kappa shape index (κ1) is 33.0. The third-order valence-corrected chi connectivity index (χ3v) is 8.45. The number of hydrogen-bond donors (Lipinski definition) is 1. The highest BCUT2D eigenvalue weighted by atomic mass is 16.5. The number of benzene rings is 4. The highest BCUT2D eigenvalue weighted by molar-refractivity contribution is 6.00. The number of aromatic nitrogens is 2. The zero-order valence-electron chi connectivity index (χ0n) is 28.1. The molecule has 0 aliphatic carbocycles. The van der Waals surface area contributed by atoms with E-state index in [2.05, 4.69) is 5.32 Å². The Labute approximate surface area is 286 Å². The molecule has 0 fully saturated rings. The quantitative estimate of drug-likeness (QED) is 0.145. The number of ether oxygens (including phenoxy) is 3. The largest absolute Gasteiger partial charge is 0.494 e. The monoisotopic (exact) mass is 653 g/mol. The molecular formula is C41H39N3O5. The summed E-state index contributed by atoms with van der Waals surface area (Å²) in [5, 5.41) is 8.35. The van der Waals surface area contributed by atoms with Crippen LogP contribution in [0.5, 0.6) is 5.75 Å². The van der Waals surface area contributed by atoms with Crippen LogP contribution >= 0.6 is 0 Å². The summed E-state index contributed by atoms with van der Waals surface area (Å²) in [5.74, 6) is -1.16. The van der Waals surface area contributed by atoms with Gasteiger partial charge in [-0.1, -0.05) is 78.9 Å². The van der Waals surface area contributed by atoms with E-state index in [9.17, 15) is 9.59 Å². The summed E-state index contributed by atoms with van der Waals surface area (Å²) >= 11 is 0. The number of esters is 2. The highest BCUT2D eigenvalue weighted by Crippen LogP contribution is 2.44. The number of hydrogen-bond acceptors (Lipinski definition) is 7. The average molecular weight is 654 g/mol. The molecule has 0 saturated heterocycles. The van der Waals surface area contributed by atoms with E-state index in [-0.39, 0.29) is 13.2 Å². The number of dihydropyridines is 1. The second kappa shape index (κ2) is 14.9. The van der Waals surface area contributed by atoms with Crippen molar-refractivity contribution in [3.8, 4) is 22.7 Å². The number of nitrogens with zero attached hydrogens (tertiary/aromatic N) is 2. The summed E-state index contributed by atoms with van der Waals surface area (Å²) in [6.45, 7) is 8.28. The standard InChI is InChI=1S/C41H39N3O5/c1-5-47-35-22-21-32(23-27(35)2)39-34(24-44(43-39)33-19-13-8-14-20-33)38-36(40(45)48-25-30-15-9-6-10-16-30)28(3)42-29(4)37(38)41(46)49-26-31-17-11-7-12-18-31/h6-24,38,42H,5,25-26H2,1-4H3. The summed E-state index contributed by atoms with van der Waals surface area (Å²) in [7, 11) is 0. The minimum atomic E-state index is -0.855. The van der Waals surface area contributed by atoms with Gasteiger partial charge in [0.1, 0.15) is 19.0 Å². The lowest BCUT2D eigenvalue weighted by molar-refractivity contribution is -0.141. The fourth-order valence-electron chi connectivity index (χ4n) is 6.10. The molecule has 1 N–H and O–H groups in total. The van der Waals surface area contributed by atoms with Gasteiger partial charge in [-0.2, -0.15) is 5.10 Å². The zero-order chi connectivity index (χ0) is 34.3. The van der Waals surface area contributed by atoms with Gasteiger partial charge in [-0.25, -0.2) is 14.3 Å². The number of allylic oxidation sites excluding steroid dienone is 2. The smallest absolute Gasteiger partial charge is 0.337 e. The second-order valence-corrected chi connectivity index (χ2v) is 11.9. The van der Waals surface area contributed by atoms with Crippen LogP contribution in [-0.2, 0) is 32.3 Å². The van der Waals surface area contributed by atoms with Crippen LogP contribution in [0.1, 0.15) is 48.9 Å². The molecule has 0 bridgehead atoms. The van der Waals surface area contributed by atoms with Crippen molar-refractivity contribution in [3.05, 3.63) is 160 Å². The summed E-state index contributed by atoms with van der Waals surface area (Å²) in [5.41, 5.74) is 7.35. The molecule has 8 nitrogen and oxygen atoms in total. The molecule has 0 spiro atoms. The Kier molecular flexibility index (Phi) is 10.0. The van der Waals surface area contributed by atoms with Gasteiger partial charge in [-0.3, -0.25) is 0 Å². The van der Waals surface area contributed by atoms with Gasteiger partial charge >= 0.3 is 11.9 Å². The molecule has 0 radical (unpaired) electrons. The normalized spacial score (nSPS) is 13.2. The van der Waals surface area contributed by atoms with Crippen molar-refractivity contribution >= 4 is 11.9 Å². The third-order valence-electron chi connectivity index (χ3n) is 8.45. The van der Waals surface area contributed by atoms with Crippen molar-refractivity contribution in [3.63, 3.8) is 0 Å². The SMILES string of the molecule is CCOc1ccc(-c2nn(-c3ccccc3)cc2C2C(C(=O)OCc3ccccc3)=C(C)NC(C)=C2C(=O)OCc2ccccc2)cc1C. The van der Waals surface area contributed by atoms with Crippen molar-refractivity contribution in [1.82, 2.24) is 15.1 Å². The third kappa shape index (κ3) is 7.33. The van der Waals surface area contributed by atoms with Gasteiger partial charge in [0.15, 0.2) is 0 Å². The fourth-order valence-corrected chi connectivity index (χ4v) is 6.10. The van der Waals surface area contributed by atoms with Crippen LogP contribution in [0.25, 0.3) is 16.9 Å². The second-order valence-electron chi connectivity index (χ2n) is 11.9. The molecule has 1 aromatic heterocycles. The van der Waals surface area contributed by atoms with Gasteiger partial charge in [0.05, 0.1) is 35.1 Å². The van der Waals surface area contributed by atoms with Crippen molar-refractivity contribution in [2.75, 3.05) is 6.61 Å². The van der Waals surface area contributed by atoms with Crippen molar-refractivity contribution in [2.24, 2.45) is 0 Å². The topological polar surface area (TPSA) is 91.7 Å². The summed E-state index contributed by atoms with van der Waals surface area (Å²) in [4.78, 5) is 28.4. The fraction of sp³-hybridized carbons (Fsp3) is 0.195. The summed E-state index contributed by atoms with van der Waals surface area (Å²) in [6, 6.07) is 34.6. The zero-order valence-corrected chi connectivity index (χ0v) is 28.1. The van der Waals surface area contributed by atoms with E-state index in [1.54, 1.807) is 4.68 Å². The molecule has 8 heteroatoms. The Balaban J connectivity index is 1.49. The molecule has 1 aliphatic heterocycles. The molecule has 0 atom stereocenters. The van der Waals surface area contributed by atoms with Crippen LogP contribution in [0, 0.1) is 6.92 Å². The summed E-state index contributed by atoms with van der Waals surface area (Å²) < 4.78 is 19.5. The molecule has 1 aliphatic rings. The van der Waals surface area contributed by atoms with Gasteiger partial charge in [0.2, 0.25) is 0 Å². The Hall–Kier alpha value is -5.89. The molecular weight excluding hydrogens is 614 g/mol. The minimum absolute atomic E-state index is 0.0773. The van der Waals surface area contributed by atoms with E-state index in [1.807, 2.05) is 143 Å². The first-order valence-electron chi connectivity index (χ1n) is 16.3. The molecule has 4 aromatic carbocycles. The van der Waals surface area contributed by atoms with Gasteiger partial charge in [-0.05, 0) is 74.7 Å². The van der Waals surface area contributed by atoms with Crippen molar-refractivity contribution in [2.45, 2.75) is 46.8 Å². The molecule has 0 saturated carbocycles. The van der Waals surface area contributed by atoms with E-state index in [1.165, 1.54) is 0 Å². The maximum atomic E-state index is 14.2. The number of carbonyl (C=O) groups is 2. The number of carbonyl (C=O) groups excluding carboxylic acids is 2. The van der Waals surface area contributed by atoms with Crippen LogP contribution in [0.3, 0.4) is 0 Å². The van der Waals surface area contributed by atoms with E-state index < -0.39 is 17.9 Å². The van der Waals surface area contributed by atoms with Crippen molar-refractivity contribution < 1.29 is 23.8 Å². The Morgan fingerprint density at radius 1 is 0.735 bits per heavy atom. The number of rotatable bonds is 11. The van der Waals surface area contributed by atoms with Gasteiger partial charge in [-0.15, -0.1) is 0 Å². The molecule has 0 amide bonds. The number of aryl methyl sites for hydroxylation is 1. The van der Waals surface area contributed by atoms with E-state index in [4.69, 9.17) is 19.3 Å². The van der Waals surface area contributed by atoms with Gasteiger partial charge < -0.3 is 19.5 Å². The van der Waals surface area contributed by atoms with E-state index in [0.29, 0.717) is 40.4 Å². The predicted octanol–water partition coefficient (Wildman–Crippen LogP) is 7.97. The molecule has 5 aromatic rings. The first-order chi connectivity index (χ1) is 23.8. The van der Waals surface area contributed by atoms with Gasteiger partial charge in [0, 0.05) is 28.7 Å². The minimum Gasteiger partial charge on any atom is -0.494 e. The van der Waals surface area contributed by atoms with Crippen molar-refractivity contribution in [1.29, 1.82) is 0 Å². The van der Waals surface area contributed by atoms with Gasteiger partial charge in [0.25, 0.3) is 0 Å². The van der Waals surface area contributed by atoms with Crippen LogP contribution in [-0.4, -0.2) is 28.3 Å². The highest BCUT2D eigenvalue weighted by Gasteiger charge is 2.40. The predicted molar refractivity (Wildman–Crippen MR) is 189 cm³/mol. The molecule has 6 rings (SSSR count). The number of para-hydroxylation sites is 1. The van der Waals surface area contributed by atoms with Crippen LogP contribution < -0.4 is 10.1 Å². The first-order valence-corrected chi connectivity index (χ1v) is 16.3. The maximum Gasteiger partial charge on any atom is 0.337 e. The van der Waals surface area contributed by atoms with E-state index in [0.717, 1.165) is 33.7 Å². The lowest BCUT2D eigenvalue weighted by Gasteiger charge is -2.30. The molecule has 0 unspecified atom stereocenters. The average Bonchev–Trinajstić information content (AvgIpc) is 3.57. The summed E-state index contributed by atoms with van der Waals surface area (Å²) in [6.07, 6.45) is 1.89. The van der Waals surface area contributed by atoms with Crippen LogP contribution in [0.15, 0.2) is 138 Å². The Bertz CT molecular complexity index is 1940. The molecule has 248 valence electrons. The van der Waals surface area contributed by atoms with Crippen LogP contribution in [0.2, 0.25) is 0 Å². The molecule has 49 heavy (non-hydrogen) atoms. The van der Waals surface area contributed by atoms with E-state index >= 15 is 0 Å². The molecule has 2 heterocycles. The van der Waals surface area contributed by atoms with Crippen LogP contribution in [0.4, 0.5) is 0 Å². The Morgan fingerprint density at radius 2 is 1.27 bits per heavy atom. The maximum absolute atomic E-state index is 14.2. The lowest BCUT2D eigenvalue weighted by atomic mass is 9.79. The Morgan fingerprint density at radius 3 is 1.78 bits per heavy atom. The number of nitrogens with one attached hydrogen (secondary N) is 1.